The van der Waals surface area contributed by atoms with E-state index in [1.165, 1.54) is 0 Å². The maximum absolute atomic E-state index is 9.71. The molecule has 0 spiro atoms. The number of hydrogen-bond acceptors (Lipinski definition) is 3. The smallest absolute Gasteiger partial charge is 0.156 e. The van der Waals surface area contributed by atoms with Gasteiger partial charge in [0.25, 0.3) is 0 Å². The molecule has 78 valence electrons. The minimum Gasteiger partial charge on any atom is -0.385 e. The number of nitrogens with zero attached hydrogens (tertiary/aromatic N) is 2. The molecule has 0 bridgehead atoms. The van der Waals surface area contributed by atoms with Crippen LogP contribution in [0.4, 0.5) is 0 Å². The molecule has 1 atom stereocenters. The highest BCUT2D eigenvalue weighted by atomic mass is 16.3. The second kappa shape index (κ2) is 5.70. The third kappa shape index (κ3) is 3.83. The van der Waals surface area contributed by atoms with Crippen molar-refractivity contribution in [1.82, 2.24) is 9.97 Å². The molecule has 1 rings (SSSR count). The Bertz CT molecular complexity index is 249. The summed E-state index contributed by atoms with van der Waals surface area (Å²) in [6.07, 6.45) is 5.74. The molecule has 14 heavy (non-hydrogen) atoms. The van der Waals surface area contributed by atoms with Crippen molar-refractivity contribution in [2.45, 2.75) is 39.2 Å². The van der Waals surface area contributed by atoms with Crippen LogP contribution in [-0.4, -0.2) is 15.1 Å². The molecule has 3 nitrogen and oxygen atoms in total. The van der Waals surface area contributed by atoms with Crippen LogP contribution in [0.2, 0.25) is 0 Å². The van der Waals surface area contributed by atoms with Crippen molar-refractivity contribution in [3.05, 3.63) is 24.3 Å². The first kappa shape index (κ1) is 11.1. The van der Waals surface area contributed by atoms with Crippen LogP contribution < -0.4 is 0 Å². The van der Waals surface area contributed by atoms with Gasteiger partial charge in [-0.25, -0.2) is 9.97 Å². The van der Waals surface area contributed by atoms with Crippen molar-refractivity contribution in [2.24, 2.45) is 5.92 Å². The summed E-state index contributed by atoms with van der Waals surface area (Å²) in [5, 5.41) is 9.71. The monoisotopic (exact) mass is 194 g/mol. The maximum Gasteiger partial charge on any atom is 0.156 e. The summed E-state index contributed by atoms with van der Waals surface area (Å²) in [5.74, 6) is 1.23. The summed E-state index contributed by atoms with van der Waals surface area (Å²) in [5.41, 5.74) is 0. The standard InChI is InChI=1S/C11H18N2O/c1-9(2)5-3-6-10(14)11-12-7-4-8-13-11/h4,7-10,14H,3,5-6H2,1-2H3. The van der Waals surface area contributed by atoms with Gasteiger partial charge in [-0.2, -0.15) is 0 Å². The molecule has 0 fully saturated rings. The van der Waals surface area contributed by atoms with E-state index in [1.807, 2.05) is 0 Å². The first-order valence-electron chi connectivity index (χ1n) is 5.15. The van der Waals surface area contributed by atoms with Gasteiger partial charge in [-0.05, 0) is 18.4 Å². The largest absolute Gasteiger partial charge is 0.385 e. The molecule has 3 heteroatoms. The molecule has 0 saturated heterocycles. The van der Waals surface area contributed by atoms with Crippen molar-refractivity contribution < 1.29 is 5.11 Å². The van der Waals surface area contributed by atoms with Crippen LogP contribution in [0.25, 0.3) is 0 Å². The number of aliphatic hydroxyl groups is 1. The molecule has 1 N–H and O–H groups in total. The highest BCUT2D eigenvalue weighted by Crippen LogP contribution is 2.16. The van der Waals surface area contributed by atoms with Crippen LogP contribution >= 0.6 is 0 Å². The lowest BCUT2D eigenvalue weighted by Crippen LogP contribution is -2.03. The van der Waals surface area contributed by atoms with Gasteiger partial charge in [0.1, 0.15) is 6.10 Å². The quantitative estimate of drug-likeness (QED) is 0.782. The Hall–Kier alpha value is -0.960. The van der Waals surface area contributed by atoms with E-state index in [4.69, 9.17) is 0 Å². The Kier molecular flexibility index (Phi) is 4.53. The van der Waals surface area contributed by atoms with Crippen LogP contribution in [0.3, 0.4) is 0 Å². The first-order valence-corrected chi connectivity index (χ1v) is 5.15. The van der Waals surface area contributed by atoms with Crippen LogP contribution in [0.15, 0.2) is 18.5 Å². The summed E-state index contributed by atoms with van der Waals surface area (Å²) >= 11 is 0. The van der Waals surface area contributed by atoms with Gasteiger partial charge >= 0.3 is 0 Å². The Morgan fingerprint density at radius 1 is 1.21 bits per heavy atom. The molecule has 1 aromatic rings. The molecule has 0 radical (unpaired) electrons. The van der Waals surface area contributed by atoms with Crippen molar-refractivity contribution >= 4 is 0 Å². The zero-order valence-electron chi connectivity index (χ0n) is 8.85. The molecular weight excluding hydrogens is 176 g/mol. The molecule has 1 unspecified atom stereocenters. The number of hydrogen-bond donors (Lipinski definition) is 1. The van der Waals surface area contributed by atoms with E-state index in [1.54, 1.807) is 18.5 Å². The second-order valence-electron chi connectivity index (χ2n) is 3.95. The number of rotatable bonds is 5. The third-order valence-corrected chi connectivity index (χ3v) is 2.14. The molecule has 1 aromatic heterocycles. The van der Waals surface area contributed by atoms with Gasteiger partial charge in [0.05, 0.1) is 0 Å². The predicted molar refractivity (Wildman–Crippen MR) is 55.7 cm³/mol. The summed E-state index contributed by atoms with van der Waals surface area (Å²) in [6, 6.07) is 1.75. The summed E-state index contributed by atoms with van der Waals surface area (Å²) in [7, 11) is 0. The van der Waals surface area contributed by atoms with Gasteiger partial charge in [0, 0.05) is 12.4 Å². The van der Waals surface area contributed by atoms with Crippen LogP contribution in [0.1, 0.15) is 45.0 Å². The minimum atomic E-state index is -0.505. The van der Waals surface area contributed by atoms with Crippen molar-refractivity contribution in [2.75, 3.05) is 0 Å². The molecule has 0 saturated carbocycles. The van der Waals surface area contributed by atoms with Gasteiger partial charge in [-0.1, -0.05) is 26.7 Å². The lowest BCUT2D eigenvalue weighted by atomic mass is 10.0. The van der Waals surface area contributed by atoms with Crippen molar-refractivity contribution in [3.63, 3.8) is 0 Å². The van der Waals surface area contributed by atoms with E-state index < -0.39 is 6.10 Å². The third-order valence-electron chi connectivity index (χ3n) is 2.14. The molecule has 0 aliphatic carbocycles. The molecule has 0 aromatic carbocycles. The average Bonchev–Trinajstić information content (AvgIpc) is 2.18. The topological polar surface area (TPSA) is 46.0 Å². The summed E-state index contributed by atoms with van der Waals surface area (Å²) < 4.78 is 0. The highest BCUT2D eigenvalue weighted by Gasteiger charge is 2.09. The van der Waals surface area contributed by atoms with Crippen LogP contribution in [0.5, 0.6) is 0 Å². The van der Waals surface area contributed by atoms with E-state index in [-0.39, 0.29) is 0 Å². The van der Waals surface area contributed by atoms with Crippen LogP contribution in [0, 0.1) is 5.92 Å². The van der Waals surface area contributed by atoms with E-state index in [0.29, 0.717) is 11.7 Å². The van der Waals surface area contributed by atoms with E-state index in [9.17, 15) is 5.11 Å². The second-order valence-corrected chi connectivity index (χ2v) is 3.95. The Morgan fingerprint density at radius 2 is 1.86 bits per heavy atom. The number of aliphatic hydroxyl groups excluding tert-OH is 1. The molecule has 1 heterocycles. The predicted octanol–water partition coefficient (Wildman–Crippen LogP) is 2.34. The van der Waals surface area contributed by atoms with Gasteiger partial charge in [-0.15, -0.1) is 0 Å². The Balaban J connectivity index is 2.32. The van der Waals surface area contributed by atoms with E-state index >= 15 is 0 Å². The fraction of sp³-hybridized carbons (Fsp3) is 0.636. The van der Waals surface area contributed by atoms with Gasteiger partial charge in [0.15, 0.2) is 5.82 Å². The Labute approximate surface area is 85.2 Å². The SMILES string of the molecule is CC(C)CCCC(O)c1ncccn1. The van der Waals surface area contributed by atoms with E-state index in [0.717, 1.165) is 19.3 Å². The van der Waals surface area contributed by atoms with Gasteiger partial charge < -0.3 is 5.11 Å². The van der Waals surface area contributed by atoms with Gasteiger partial charge in [-0.3, -0.25) is 0 Å². The molecule has 0 aliphatic rings. The fourth-order valence-electron chi connectivity index (χ4n) is 1.33. The zero-order valence-corrected chi connectivity index (χ0v) is 8.85. The number of aromatic nitrogens is 2. The van der Waals surface area contributed by atoms with Crippen molar-refractivity contribution in [3.8, 4) is 0 Å². The summed E-state index contributed by atoms with van der Waals surface area (Å²) in [4.78, 5) is 8.03. The Morgan fingerprint density at radius 3 is 2.43 bits per heavy atom. The van der Waals surface area contributed by atoms with Crippen LogP contribution in [-0.2, 0) is 0 Å². The highest BCUT2D eigenvalue weighted by molar-refractivity contribution is 4.92. The maximum atomic E-state index is 9.71. The lowest BCUT2D eigenvalue weighted by Gasteiger charge is -2.09. The minimum absolute atomic E-state index is 0.505. The fourth-order valence-corrected chi connectivity index (χ4v) is 1.33. The lowest BCUT2D eigenvalue weighted by molar-refractivity contribution is 0.152. The average molecular weight is 194 g/mol. The van der Waals surface area contributed by atoms with Crippen molar-refractivity contribution in [1.29, 1.82) is 0 Å². The first-order chi connectivity index (χ1) is 6.70. The summed E-state index contributed by atoms with van der Waals surface area (Å²) in [6.45, 7) is 4.37. The molecule has 0 amide bonds. The van der Waals surface area contributed by atoms with E-state index in [2.05, 4.69) is 23.8 Å². The zero-order chi connectivity index (χ0) is 10.4. The molecular formula is C11H18N2O. The van der Waals surface area contributed by atoms with Gasteiger partial charge in [0.2, 0.25) is 0 Å². The molecule has 0 aliphatic heterocycles. The normalized spacial score (nSPS) is 13.1.